The van der Waals surface area contributed by atoms with Crippen LogP contribution in [0.1, 0.15) is 31.1 Å². The molecular weight excluding hydrogens is 319 g/mol. The zero-order valence-electron chi connectivity index (χ0n) is 12.0. The van der Waals surface area contributed by atoms with Crippen molar-refractivity contribution in [3.05, 3.63) is 28.5 Å². The van der Waals surface area contributed by atoms with Crippen molar-refractivity contribution in [3.63, 3.8) is 0 Å². The SMILES string of the molecule is CC(C)C(C)CNC(=O)c1cc(S(N)(=O)=O)cc(F)c1Cl. The van der Waals surface area contributed by atoms with Gasteiger partial charge < -0.3 is 5.32 Å². The second kappa shape index (κ2) is 6.72. The number of halogens is 2. The number of benzene rings is 1. The van der Waals surface area contributed by atoms with Crippen LogP contribution in [-0.2, 0) is 10.0 Å². The van der Waals surface area contributed by atoms with Gasteiger partial charge in [0, 0.05) is 6.54 Å². The Morgan fingerprint density at radius 1 is 1.38 bits per heavy atom. The second-order valence-corrected chi connectivity index (χ2v) is 7.18. The lowest BCUT2D eigenvalue weighted by atomic mass is 9.98. The molecule has 0 fully saturated rings. The van der Waals surface area contributed by atoms with Crippen LogP contribution in [0.15, 0.2) is 17.0 Å². The summed E-state index contributed by atoms with van der Waals surface area (Å²) in [4.78, 5) is 11.5. The predicted octanol–water partition coefficient (Wildman–Crippen LogP) is 2.15. The van der Waals surface area contributed by atoms with Crippen molar-refractivity contribution >= 4 is 27.5 Å². The Morgan fingerprint density at radius 2 is 1.95 bits per heavy atom. The molecule has 1 aromatic carbocycles. The number of hydrogen-bond acceptors (Lipinski definition) is 3. The summed E-state index contributed by atoms with van der Waals surface area (Å²) in [6, 6.07) is 1.65. The molecule has 0 radical (unpaired) electrons. The summed E-state index contributed by atoms with van der Waals surface area (Å²) in [5.74, 6) is -1.09. The van der Waals surface area contributed by atoms with Gasteiger partial charge in [-0.2, -0.15) is 0 Å². The van der Waals surface area contributed by atoms with Crippen molar-refractivity contribution in [2.75, 3.05) is 6.54 Å². The van der Waals surface area contributed by atoms with E-state index < -0.39 is 31.7 Å². The number of nitrogens with one attached hydrogen (secondary N) is 1. The highest BCUT2D eigenvalue weighted by molar-refractivity contribution is 7.89. The van der Waals surface area contributed by atoms with E-state index in [0.29, 0.717) is 18.5 Å². The lowest BCUT2D eigenvalue weighted by molar-refractivity contribution is 0.0944. The average Bonchev–Trinajstić information content (AvgIpc) is 2.37. The molecule has 0 bridgehead atoms. The monoisotopic (exact) mass is 336 g/mol. The van der Waals surface area contributed by atoms with Crippen molar-refractivity contribution in [2.45, 2.75) is 25.7 Å². The lowest BCUT2D eigenvalue weighted by Crippen LogP contribution is -2.30. The highest BCUT2D eigenvalue weighted by Crippen LogP contribution is 2.24. The summed E-state index contributed by atoms with van der Waals surface area (Å²) < 4.78 is 36.2. The quantitative estimate of drug-likeness (QED) is 0.863. The van der Waals surface area contributed by atoms with Gasteiger partial charge in [-0.3, -0.25) is 4.79 Å². The van der Waals surface area contributed by atoms with Gasteiger partial charge in [-0.05, 0) is 24.0 Å². The van der Waals surface area contributed by atoms with E-state index in [1.54, 1.807) is 0 Å². The Morgan fingerprint density at radius 3 is 2.43 bits per heavy atom. The van der Waals surface area contributed by atoms with E-state index in [9.17, 15) is 17.6 Å². The number of carbonyl (C=O) groups excluding carboxylic acids is 1. The molecule has 0 saturated carbocycles. The molecule has 0 saturated heterocycles. The molecule has 0 aromatic heterocycles. The molecule has 5 nitrogen and oxygen atoms in total. The molecule has 21 heavy (non-hydrogen) atoms. The Labute approximate surface area is 128 Å². The molecule has 0 heterocycles. The molecule has 1 unspecified atom stereocenters. The minimum atomic E-state index is -4.12. The minimum Gasteiger partial charge on any atom is -0.352 e. The summed E-state index contributed by atoms with van der Waals surface area (Å²) >= 11 is 5.72. The fraction of sp³-hybridized carbons (Fsp3) is 0.462. The Balaban J connectivity index is 3.07. The summed E-state index contributed by atoms with van der Waals surface area (Å²) in [6.45, 7) is 6.33. The normalized spacial score (nSPS) is 13.3. The van der Waals surface area contributed by atoms with Gasteiger partial charge >= 0.3 is 0 Å². The second-order valence-electron chi connectivity index (χ2n) is 5.24. The maximum atomic E-state index is 13.6. The smallest absolute Gasteiger partial charge is 0.252 e. The summed E-state index contributed by atoms with van der Waals surface area (Å²) in [7, 11) is -4.12. The first-order valence-electron chi connectivity index (χ1n) is 6.34. The largest absolute Gasteiger partial charge is 0.352 e. The average molecular weight is 337 g/mol. The zero-order valence-corrected chi connectivity index (χ0v) is 13.6. The Hall–Kier alpha value is -1.18. The van der Waals surface area contributed by atoms with Gasteiger partial charge in [0.25, 0.3) is 5.91 Å². The first-order valence-corrected chi connectivity index (χ1v) is 8.26. The van der Waals surface area contributed by atoms with Crippen molar-refractivity contribution in [1.29, 1.82) is 0 Å². The van der Waals surface area contributed by atoms with Gasteiger partial charge in [0.15, 0.2) is 0 Å². The molecule has 0 spiro atoms. The van der Waals surface area contributed by atoms with E-state index in [4.69, 9.17) is 16.7 Å². The van der Waals surface area contributed by atoms with Gasteiger partial charge in [-0.15, -0.1) is 0 Å². The Bertz CT molecular complexity index is 647. The zero-order chi connectivity index (χ0) is 16.4. The summed E-state index contributed by atoms with van der Waals surface area (Å²) in [5, 5.41) is 7.11. The highest BCUT2D eigenvalue weighted by atomic mass is 35.5. The van der Waals surface area contributed by atoms with Crippen molar-refractivity contribution < 1.29 is 17.6 Å². The molecular formula is C13H18ClFN2O3S. The first kappa shape index (κ1) is 17.9. The van der Waals surface area contributed by atoms with Gasteiger partial charge in [-0.1, -0.05) is 32.4 Å². The first-order chi connectivity index (χ1) is 9.54. The molecule has 1 rings (SSSR count). The van der Waals surface area contributed by atoms with Gasteiger partial charge in [0.05, 0.1) is 15.5 Å². The van der Waals surface area contributed by atoms with E-state index in [1.165, 1.54) is 0 Å². The topological polar surface area (TPSA) is 89.3 Å². The molecule has 0 aliphatic rings. The van der Waals surface area contributed by atoms with Gasteiger partial charge in [-0.25, -0.2) is 17.9 Å². The lowest BCUT2D eigenvalue weighted by Gasteiger charge is -2.16. The summed E-state index contributed by atoms with van der Waals surface area (Å²) in [5.41, 5.74) is -0.253. The predicted molar refractivity (Wildman–Crippen MR) is 79.1 cm³/mol. The molecule has 118 valence electrons. The minimum absolute atomic E-state index is 0.207. The van der Waals surface area contributed by atoms with Crippen LogP contribution >= 0.6 is 11.6 Å². The number of rotatable bonds is 5. The van der Waals surface area contributed by atoms with E-state index in [2.05, 4.69) is 5.32 Å². The third-order valence-corrected chi connectivity index (χ3v) is 4.57. The third-order valence-electron chi connectivity index (χ3n) is 3.30. The maximum Gasteiger partial charge on any atom is 0.252 e. The van der Waals surface area contributed by atoms with Crippen LogP contribution in [0.4, 0.5) is 4.39 Å². The third kappa shape index (κ3) is 4.66. The van der Waals surface area contributed by atoms with E-state index in [0.717, 1.165) is 6.07 Å². The van der Waals surface area contributed by atoms with E-state index in [1.807, 2.05) is 20.8 Å². The van der Waals surface area contributed by atoms with Crippen LogP contribution in [0, 0.1) is 17.7 Å². The van der Waals surface area contributed by atoms with Crippen molar-refractivity contribution in [3.8, 4) is 0 Å². The van der Waals surface area contributed by atoms with Crippen molar-refractivity contribution in [1.82, 2.24) is 5.32 Å². The molecule has 0 aliphatic carbocycles. The van der Waals surface area contributed by atoms with Crippen LogP contribution in [0.25, 0.3) is 0 Å². The maximum absolute atomic E-state index is 13.6. The standard InChI is InChI=1S/C13H18ClFN2O3S/c1-7(2)8(3)6-17-13(18)10-4-9(21(16,19)20)5-11(15)12(10)14/h4-5,7-8H,6H2,1-3H3,(H,17,18)(H2,16,19,20). The highest BCUT2D eigenvalue weighted by Gasteiger charge is 2.20. The fourth-order valence-corrected chi connectivity index (χ4v) is 2.22. The van der Waals surface area contributed by atoms with Gasteiger partial charge in [0.2, 0.25) is 10.0 Å². The van der Waals surface area contributed by atoms with Crippen LogP contribution in [0.5, 0.6) is 0 Å². The van der Waals surface area contributed by atoms with Crippen LogP contribution in [-0.4, -0.2) is 20.9 Å². The Kier molecular flexibility index (Phi) is 5.72. The number of hydrogen-bond donors (Lipinski definition) is 2. The number of nitrogens with two attached hydrogens (primary N) is 1. The summed E-state index contributed by atoms with van der Waals surface area (Å²) in [6.07, 6.45) is 0. The van der Waals surface area contributed by atoms with Crippen LogP contribution in [0.2, 0.25) is 5.02 Å². The number of carbonyl (C=O) groups is 1. The molecule has 1 amide bonds. The van der Waals surface area contributed by atoms with E-state index in [-0.39, 0.29) is 11.5 Å². The van der Waals surface area contributed by atoms with Crippen LogP contribution in [0.3, 0.4) is 0 Å². The molecule has 8 heteroatoms. The number of amides is 1. The number of primary sulfonamides is 1. The molecule has 3 N–H and O–H groups in total. The van der Waals surface area contributed by atoms with Crippen LogP contribution < -0.4 is 10.5 Å². The number of sulfonamides is 1. The fourth-order valence-electron chi connectivity index (χ4n) is 1.48. The van der Waals surface area contributed by atoms with E-state index >= 15 is 0 Å². The molecule has 1 aromatic rings. The van der Waals surface area contributed by atoms with Gasteiger partial charge in [0.1, 0.15) is 5.82 Å². The van der Waals surface area contributed by atoms with Crippen molar-refractivity contribution in [2.24, 2.45) is 17.0 Å². The molecule has 1 atom stereocenters. The molecule has 0 aliphatic heterocycles.